The molecule has 82 valence electrons. The van der Waals surface area contributed by atoms with E-state index >= 15 is 0 Å². The average Bonchev–Trinajstić information content (AvgIpc) is 2.01. The van der Waals surface area contributed by atoms with Gasteiger partial charge in [-0.3, -0.25) is 9.69 Å². The summed E-state index contributed by atoms with van der Waals surface area (Å²) in [6.45, 7) is 4.30. The molecule has 0 amide bonds. The van der Waals surface area contributed by atoms with Crippen molar-refractivity contribution in [3.05, 3.63) is 0 Å². The highest BCUT2D eigenvalue weighted by Gasteiger charge is 2.45. The summed E-state index contributed by atoms with van der Waals surface area (Å²) in [7, 11) is 3.75. The lowest BCUT2D eigenvalue weighted by molar-refractivity contribution is -0.154. The summed E-state index contributed by atoms with van der Waals surface area (Å²) in [5, 5.41) is 9.35. The van der Waals surface area contributed by atoms with Gasteiger partial charge in [0.1, 0.15) is 5.54 Å². The fraction of sp³-hybridized carbons (Fsp3) is 0.909. The molecule has 14 heavy (non-hydrogen) atoms. The van der Waals surface area contributed by atoms with Gasteiger partial charge in [0, 0.05) is 0 Å². The highest BCUT2D eigenvalue weighted by atomic mass is 16.4. The van der Waals surface area contributed by atoms with Gasteiger partial charge < -0.3 is 5.11 Å². The first kappa shape index (κ1) is 11.5. The molecule has 1 saturated carbocycles. The Labute approximate surface area is 86.1 Å². The first-order chi connectivity index (χ1) is 6.38. The molecule has 0 aromatic rings. The van der Waals surface area contributed by atoms with Crippen LogP contribution in [0, 0.1) is 11.8 Å². The molecule has 0 radical (unpaired) electrons. The van der Waals surface area contributed by atoms with Gasteiger partial charge in [0.05, 0.1) is 0 Å². The van der Waals surface area contributed by atoms with Crippen molar-refractivity contribution in [3.8, 4) is 0 Å². The number of hydrogen-bond acceptors (Lipinski definition) is 2. The molecule has 0 saturated heterocycles. The second-order valence-corrected chi connectivity index (χ2v) is 5.09. The van der Waals surface area contributed by atoms with E-state index in [0.717, 1.165) is 19.3 Å². The Morgan fingerprint density at radius 2 is 1.71 bits per heavy atom. The van der Waals surface area contributed by atoms with Crippen LogP contribution in [0.25, 0.3) is 0 Å². The fourth-order valence-corrected chi connectivity index (χ4v) is 2.82. The molecule has 1 rings (SSSR count). The van der Waals surface area contributed by atoms with Gasteiger partial charge >= 0.3 is 5.97 Å². The Morgan fingerprint density at radius 1 is 1.29 bits per heavy atom. The minimum absolute atomic E-state index is 0.511. The molecule has 0 spiro atoms. The van der Waals surface area contributed by atoms with Crippen LogP contribution in [0.4, 0.5) is 0 Å². The first-order valence-corrected chi connectivity index (χ1v) is 5.29. The molecule has 1 aliphatic carbocycles. The summed E-state index contributed by atoms with van der Waals surface area (Å²) in [4.78, 5) is 13.2. The zero-order valence-electron chi connectivity index (χ0n) is 9.58. The highest BCUT2D eigenvalue weighted by molar-refractivity contribution is 5.79. The lowest BCUT2D eigenvalue weighted by Crippen LogP contribution is -2.55. The van der Waals surface area contributed by atoms with Crippen molar-refractivity contribution >= 4 is 5.97 Å². The molecule has 0 bridgehead atoms. The number of likely N-dealkylation sites (N-methyl/N-ethyl adjacent to an activating group) is 1. The van der Waals surface area contributed by atoms with E-state index < -0.39 is 11.5 Å². The molecule has 3 nitrogen and oxygen atoms in total. The van der Waals surface area contributed by atoms with Gasteiger partial charge in [0.15, 0.2) is 0 Å². The summed E-state index contributed by atoms with van der Waals surface area (Å²) in [6, 6.07) is 0. The van der Waals surface area contributed by atoms with Crippen LogP contribution in [-0.4, -0.2) is 35.6 Å². The van der Waals surface area contributed by atoms with Crippen LogP contribution in [-0.2, 0) is 4.79 Å². The van der Waals surface area contributed by atoms with Crippen LogP contribution in [0.2, 0.25) is 0 Å². The lowest BCUT2D eigenvalue weighted by Gasteiger charge is -2.44. The molecular formula is C11H21NO2. The first-order valence-electron chi connectivity index (χ1n) is 5.29. The summed E-state index contributed by atoms with van der Waals surface area (Å²) in [5.41, 5.74) is -0.628. The second-order valence-electron chi connectivity index (χ2n) is 5.09. The van der Waals surface area contributed by atoms with Crippen LogP contribution in [0.5, 0.6) is 0 Å². The standard InChI is InChI=1S/C11H21NO2/c1-8-5-9(2)7-11(6-8,10(13)14)12(3)4/h8-9H,5-7H2,1-4H3,(H,13,14). The van der Waals surface area contributed by atoms with Crippen molar-refractivity contribution in [2.75, 3.05) is 14.1 Å². The predicted molar refractivity (Wildman–Crippen MR) is 56.2 cm³/mol. The number of carbonyl (C=O) groups is 1. The van der Waals surface area contributed by atoms with Gasteiger partial charge in [-0.15, -0.1) is 0 Å². The molecule has 1 N–H and O–H groups in total. The maximum absolute atomic E-state index is 11.4. The zero-order chi connectivity index (χ0) is 10.9. The van der Waals surface area contributed by atoms with E-state index in [4.69, 9.17) is 0 Å². The minimum Gasteiger partial charge on any atom is -0.480 e. The van der Waals surface area contributed by atoms with Gasteiger partial charge in [-0.2, -0.15) is 0 Å². The number of carboxylic acid groups (broad SMARTS) is 1. The largest absolute Gasteiger partial charge is 0.480 e. The molecule has 2 atom stereocenters. The van der Waals surface area contributed by atoms with E-state index in [1.54, 1.807) is 0 Å². The highest BCUT2D eigenvalue weighted by Crippen LogP contribution is 2.38. The van der Waals surface area contributed by atoms with E-state index in [-0.39, 0.29) is 0 Å². The Kier molecular flexibility index (Phi) is 3.20. The SMILES string of the molecule is CC1CC(C)CC(C(=O)O)(N(C)C)C1. The number of aliphatic carboxylic acids is 1. The molecule has 0 aliphatic heterocycles. The summed E-state index contributed by atoms with van der Waals surface area (Å²) in [5.74, 6) is 0.357. The Morgan fingerprint density at radius 3 is 2.00 bits per heavy atom. The van der Waals surface area contributed by atoms with Gasteiger partial charge in [0.25, 0.3) is 0 Å². The van der Waals surface area contributed by atoms with E-state index in [0.29, 0.717) is 11.8 Å². The molecule has 1 aliphatic rings. The number of carboxylic acids is 1. The number of hydrogen-bond donors (Lipinski definition) is 1. The third-order valence-electron chi connectivity index (χ3n) is 3.43. The van der Waals surface area contributed by atoms with E-state index in [2.05, 4.69) is 13.8 Å². The fourth-order valence-electron chi connectivity index (χ4n) is 2.82. The number of rotatable bonds is 2. The van der Waals surface area contributed by atoms with Crippen molar-refractivity contribution in [1.82, 2.24) is 4.90 Å². The molecule has 2 unspecified atom stereocenters. The topological polar surface area (TPSA) is 40.5 Å². The van der Waals surface area contributed by atoms with Crippen LogP contribution < -0.4 is 0 Å². The van der Waals surface area contributed by atoms with Crippen LogP contribution >= 0.6 is 0 Å². The Bertz CT molecular complexity index is 215. The maximum Gasteiger partial charge on any atom is 0.324 e. The summed E-state index contributed by atoms with van der Waals surface area (Å²) < 4.78 is 0. The Hall–Kier alpha value is -0.570. The Balaban J connectivity index is 2.91. The van der Waals surface area contributed by atoms with Crippen molar-refractivity contribution in [2.24, 2.45) is 11.8 Å². The molecule has 3 heteroatoms. The molecular weight excluding hydrogens is 178 g/mol. The van der Waals surface area contributed by atoms with Gasteiger partial charge in [-0.1, -0.05) is 13.8 Å². The van der Waals surface area contributed by atoms with Crippen molar-refractivity contribution < 1.29 is 9.90 Å². The monoisotopic (exact) mass is 199 g/mol. The maximum atomic E-state index is 11.4. The van der Waals surface area contributed by atoms with Gasteiger partial charge in [-0.05, 0) is 45.2 Å². The second kappa shape index (κ2) is 3.89. The van der Waals surface area contributed by atoms with Crippen LogP contribution in [0.15, 0.2) is 0 Å². The quantitative estimate of drug-likeness (QED) is 0.737. The third-order valence-corrected chi connectivity index (χ3v) is 3.43. The normalized spacial score (nSPS) is 38.6. The molecule has 0 heterocycles. The van der Waals surface area contributed by atoms with E-state index in [1.807, 2.05) is 19.0 Å². The van der Waals surface area contributed by atoms with E-state index in [9.17, 15) is 9.90 Å². The predicted octanol–water partition coefficient (Wildman–Crippen LogP) is 1.83. The molecule has 0 aromatic carbocycles. The van der Waals surface area contributed by atoms with Crippen LogP contribution in [0.1, 0.15) is 33.1 Å². The lowest BCUT2D eigenvalue weighted by atomic mass is 9.71. The summed E-state index contributed by atoms with van der Waals surface area (Å²) >= 11 is 0. The average molecular weight is 199 g/mol. The summed E-state index contributed by atoms with van der Waals surface area (Å²) in [6.07, 6.45) is 2.71. The van der Waals surface area contributed by atoms with Gasteiger partial charge in [-0.25, -0.2) is 0 Å². The van der Waals surface area contributed by atoms with E-state index in [1.165, 1.54) is 0 Å². The van der Waals surface area contributed by atoms with Crippen molar-refractivity contribution in [3.63, 3.8) is 0 Å². The zero-order valence-corrected chi connectivity index (χ0v) is 9.58. The number of nitrogens with zero attached hydrogens (tertiary/aromatic N) is 1. The van der Waals surface area contributed by atoms with Crippen molar-refractivity contribution in [2.45, 2.75) is 38.6 Å². The third kappa shape index (κ3) is 1.92. The minimum atomic E-state index is -0.666. The smallest absolute Gasteiger partial charge is 0.324 e. The molecule has 0 aromatic heterocycles. The van der Waals surface area contributed by atoms with Crippen LogP contribution in [0.3, 0.4) is 0 Å². The van der Waals surface area contributed by atoms with Gasteiger partial charge in [0.2, 0.25) is 0 Å². The molecule has 1 fully saturated rings. The van der Waals surface area contributed by atoms with Crippen molar-refractivity contribution in [1.29, 1.82) is 0 Å².